The molecule has 2 fully saturated rings. The van der Waals surface area contributed by atoms with Gasteiger partial charge in [-0.1, -0.05) is 0 Å². The van der Waals surface area contributed by atoms with Crippen molar-refractivity contribution in [3.05, 3.63) is 53.3 Å². The van der Waals surface area contributed by atoms with Crippen LogP contribution in [-0.4, -0.2) is 137 Å². The maximum Gasteiger partial charge on any atom is 0.251 e. The molecule has 2 saturated heterocycles. The van der Waals surface area contributed by atoms with E-state index in [1.165, 1.54) is 11.4 Å². The molecule has 0 bridgehead atoms. The summed E-state index contributed by atoms with van der Waals surface area (Å²) in [5, 5.41) is 3.14. The number of methoxy groups -OCH3 is 1. The second-order valence-corrected chi connectivity index (χ2v) is 13.8. The molecule has 0 spiro atoms. The zero-order valence-corrected chi connectivity index (χ0v) is 28.6. The van der Waals surface area contributed by atoms with Gasteiger partial charge >= 0.3 is 0 Å². The number of sulfonamides is 1. The number of likely N-dealkylation sites (N-methyl/N-ethyl adjacent to an activating group) is 2. The fourth-order valence-electron chi connectivity index (χ4n) is 6.06. The summed E-state index contributed by atoms with van der Waals surface area (Å²) in [6.07, 6.45) is 4.69. The van der Waals surface area contributed by atoms with Gasteiger partial charge < -0.3 is 24.6 Å². The van der Waals surface area contributed by atoms with Gasteiger partial charge in [-0.25, -0.2) is 8.42 Å². The van der Waals surface area contributed by atoms with Crippen LogP contribution >= 0.6 is 12.4 Å². The summed E-state index contributed by atoms with van der Waals surface area (Å²) >= 11 is 0. The lowest BCUT2D eigenvalue weighted by Crippen LogP contribution is -2.64. The Balaban J connectivity index is 0.00000552. The highest BCUT2D eigenvalue weighted by Crippen LogP contribution is 2.30. The second kappa shape index (κ2) is 16.1. The van der Waals surface area contributed by atoms with E-state index in [0.29, 0.717) is 42.1 Å². The minimum atomic E-state index is -3.74. The highest BCUT2D eigenvalue weighted by molar-refractivity contribution is 7.89. The zero-order chi connectivity index (χ0) is 31.9. The molecule has 3 heterocycles. The second-order valence-electron chi connectivity index (χ2n) is 11.8. The average Bonchev–Trinajstić information content (AvgIpc) is 3.02. The van der Waals surface area contributed by atoms with Crippen molar-refractivity contribution in [2.75, 3.05) is 86.8 Å². The van der Waals surface area contributed by atoms with Crippen molar-refractivity contribution in [2.24, 2.45) is 0 Å². The largest absolute Gasteiger partial charge is 0.497 e. The van der Waals surface area contributed by atoms with Crippen LogP contribution in [0.1, 0.15) is 34.3 Å². The van der Waals surface area contributed by atoms with Gasteiger partial charge in [-0.2, -0.15) is 4.31 Å². The van der Waals surface area contributed by atoms with E-state index in [1.54, 1.807) is 57.6 Å². The molecule has 4 rings (SSSR count). The van der Waals surface area contributed by atoms with Crippen molar-refractivity contribution in [1.82, 2.24) is 29.3 Å². The molecular formula is C31H47ClN6O6S. The number of hydrogen-bond donors (Lipinski definition) is 1. The summed E-state index contributed by atoms with van der Waals surface area (Å²) < 4.78 is 38.7. The van der Waals surface area contributed by atoms with Gasteiger partial charge in [0.15, 0.2) is 0 Å². The molecule has 14 heteroatoms. The first-order valence-corrected chi connectivity index (χ1v) is 16.5. The third-order valence-electron chi connectivity index (χ3n) is 8.86. The van der Waals surface area contributed by atoms with E-state index >= 15 is 0 Å². The molecule has 0 aliphatic carbocycles. The zero-order valence-electron chi connectivity index (χ0n) is 27.0. The monoisotopic (exact) mass is 666 g/mol. The summed E-state index contributed by atoms with van der Waals surface area (Å²) in [5.41, 5.74) is 1.56. The first-order valence-electron chi connectivity index (χ1n) is 15.1. The Morgan fingerprint density at radius 2 is 1.62 bits per heavy atom. The van der Waals surface area contributed by atoms with E-state index in [1.807, 2.05) is 4.90 Å². The molecule has 0 radical (unpaired) electrons. The Hall–Kier alpha value is -2.81. The number of carbonyl (C=O) groups excluding carboxylic acids is 2. The molecule has 250 valence electrons. The van der Waals surface area contributed by atoms with Crippen molar-refractivity contribution in [3.8, 4) is 5.75 Å². The maximum absolute atomic E-state index is 13.3. The summed E-state index contributed by atoms with van der Waals surface area (Å²) in [7, 11) is 1.44. The summed E-state index contributed by atoms with van der Waals surface area (Å²) in [6, 6.07) is 6.81. The van der Waals surface area contributed by atoms with Crippen LogP contribution in [-0.2, 0) is 19.6 Å². The van der Waals surface area contributed by atoms with Gasteiger partial charge in [-0.15, -0.1) is 12.4 Å². The summed E-state index contributed by atoms with van der Waals surface area (Å²) in [6.45, 7) is 8.94. The molecule has 2 aliphatic heterocycles. The minimum absolute atomic E-state index is 0. The SMILES string of the molecule is COc1cc(C)c(S(=O)(=O)N(C)CCOCC(=O)N2CCC(CNC(=O)c3ccncc3)(N3CCN(C)CC3)CC2)c(C)c1.Cl. The van der Waals surface area contributed by atoms with Crippen LogP contribution in [0.15, 0.2) is 41.6 Å². The lowest BCUT2D eigenvalue weighted by molar-refractivity contribution is -0.139. The highest BCUT2D eigenvalue weighted by atomic mass is 35.5. The molecule has 2 aromatic rings. The van der Waals surface area contributed by atoms with E-state index in [0.717, 1.165) is 39.0 Å². The molecular weight excluding hydrogens is 620 g/mol. The fourth-order valence-corrected chi connectivity index (χ4v) is 7.62. The molecule has 2 amide bonds. The van der Waals surface area contributed by atoms with E-state index in [2.05, 4.69) is 27.1 Å². The number of piperazine rings is 1. The molecule has 1 aromatic carbocycles. The molecule has 12 nitrogen and oxygen atoms in total. The number of halogens is 1. The van der Waals surface area contributed by atoms with Crippen LogP contribution in [0.4, 0.5) is 0 Å². The number of aromatic nitrogens is 1. The number of rotatable bonds is 12. The Morgan fingerprint density at radius 1 is 1.02 bits per heavy atom. The van der Waals surface area contributed by atoms with Gasteiger partial charge in [0.25, 0.3) is 5.91 Å². The Morgan fingerprint density at radius 3 is 2.20 bits per heavy atom. The smallest absolute Gasteiger partial charge is 0.251 e. The first kappa shape index (κ1) is 36.7. The number of nitrogens with one attached hydrogen (secondary N) is 1. The molecule has 0 atom stereocenters. The van der Waals surface area contributed by atoms with Crippen molar-refractivity contribution in [3.63, 3.8) is 0 Å². The summed E-state index contributed by atoms with van der Waals surface area (Å²) in [4.78, 5) is 36.7. The number of amides is 2. The first-order chi connectivity index (χ1) is 21.0. The quantitative estimate of drug-likeness (QED) is 0.338. The third-order valence-corrected chi connectivity index (χ3v) is 11.0. The number of aryl methyl sites for hydroxylation is 2. The number of likely N-dealkylation sites (tertiary alicyclic amines) is 1. The van der Waals surface area contributed by atoms with Crippen LogP contribution in [0, 0.1) is 13.8 Å². The fraction of sp³-hybridized carbons (Fsp3) is 0.581. The van der Waals surface area contributed by atoms with Crippen LogP contribution in [0.25, 0.3) is 0 Å². The predicted molar refractivity (Wildman–Crippen MR) is 175 cm³/mol. The molecule has 0 unspecified atom stereocenters. The van der Waals surface area contributed by atoms with Gasteiger partial charge in [0.05, 0.1) is 18.6 Å². The third kappa shape index (κ3) is 8.93. The van der Waals surface area contributed by atoms with Gasteiger partial charge in [0.2, 0.25) is 15.9 Å². The molecule has 0 saturated carbocycles. The number of piperidine rings is 1. The lowest BCUT2D eigenvalue weighted by atomic mass is 9.84. The number of benzene rings is 1. The minimum Gasteiger partial charge on any atom is -0.497 e. The molecule has 45 heavy (non-hydrogen) atoms. The predicted octanol–water partition coefficient (Wildman–Crippen LogP) is 1.80. The molecule has 1 aromatic heterocycles. The number of ether oxygens (including phenoxy) is 2. The van der Waals surface area contributed by atoms with Crippen LogP contribution in [0.5, 0.6) is 5.75 Å². The van der Waals surface area contributed by atoms with Crippen molar-refractivity contribution < 1.29 is 27.5 Å². The van der Waals surface area contributed by atoms with Gasteiger partial charge in [0.1, 0.15) is 12.4 Å². The maximum atomic E-state index is 13.3. The van der Waals surface area contributed by atoms with Crippen LogP contribution < -0.4 is 10.1 Å². The molecule has 1 N–H and O–H groups in total. The van der Waals surface area contributed by atoms with Crippen LogP contribution in [0.2, 0.25) is 0 Å². The number of nitrogens with zero attached hydrogens (tertiary/aromatic N) is 5. The van der Waals surface area contributed by atoms with Crippen LogP contribution in [0.3, 0.4) is 0 Å². The van der Waals surface area contributed by atoms with E-state index in [4.69, 9.17) is 9.47 Å². The molecule has 2 aliphatic rings. The number of carbonyl (C=O) groups is 2. The van der Waals surface area contributed by atoms with E-state index in [-0.39, 0.29) is 54.4 Å². The lowest BCUT2D eigenvalue weighted by Gasteiger charge is -2.51. The van der Waals surface area contributed by atoms with Gasteiger partial charge in [0, 0.05) is 82.9 Å². The van der Waals surface area contributed by atoms with Crippen molar-refractivity contribution in [1.29, 1.82) is 0 Å². The average molecular weight is 667 g/mol. The number of hydrogen-bond acceptors (Lipinski definition) is 9. The highest BCUT2D eigenvalue weighted by Gasteiger charge is 2.42. The topological polar surface area (TPSA) is 125 Å². The Bertz CT molecular complexity index is 1370. The number of pyridine rings is 1. The summed E-state index contributed by atoms with van der Waals surface area (Å²) in [5.74, 6) is 0.360. The Labute approximate surface area is 273 Å². The van der Waals surface area contributed by atoms with E-state index in [9.17, 15) is 18.0 Å². The van der Waals surface area contributed by atoms with Gasteiger partial charge in [-0.3, -0.25) is 19.5 Å². The normalized spacial score (nSPS) is 17.5. The van der Waals surface area contributed by atoms with Gasteiger partial charge in [-0.05, 0) is 69.1 Å². The standard InChI is InChI=1S/C31H46N6O6S.ClH/c1-24-20-27(42-5)21-25(2)29(24)44(40,41)35(4)18-19-43-22-28(38)36-12-8-31(9-13-36,37-16-14-34(3)15-17-37)23-33-30(39)26-6-10-32-11-7-26;/h6-7,10-11,20-21H,8-9,12-19,22-23H2,1-5H3,(H,33,39);1H. The van der Waals surface area contributed by atoms with Crippen molar-refractivity contribution >= 4 is 34.2 Å². The van der Waals surface area contributed by atoms with Crippen molar-refractivity contribution in [2.45, 2.75) is 37.1 Å². The van der Waals surface area contributed by atoms with E-state index < -0.39 is 10.0 Å². The Kier molecular flexibility index (Phi) is 13.2.